The average molecular weight is 401 g/mol. The number of nitrogens with zero attached hydrogens (tertiary/aromatic N) is 3. The van der Waals surface area contributed by atoms with Crippen LogP contribution in [-0.4, -0.2) is 36.1 Å². The quantitative estimate of drug-likeness (QED) is 0.630. The molecule has 6 heteroatoms. The maximum atomic E-state index is 6.32. The molecule has 1 saturated heterocycles. The molecule has 0 radical (unpaired) electrons. The minimum atomic E-state index is 0.339. The number of halogens is 1. The van der Waals surface area contributed by atoms with Crippen LogP contribution in [0.5, 0.6) is 0 Å². The fraction of sp³-hybridized carbons (Fsp3) is 0.429. The first kappa shape index (κ1) is 18.7. The Morgan fingerprint density at radius 3 is 2.63 bits per heavy atom. The maximum Gasteiger partial charge on any atom is 0.225 e. The van der Waals surface area contributed by atoms with E-state index in [1.54, 1.807) is 11.3 Å². The van der Waals surface area contributed by atoms with E-state index < -0.39 is 0 Å². The minimum Gasteiger partial charge on any atom is -0.355 e. The van der Waals surface area contributed by atoms with Crippen molar-refractivity contribution in [1.82, 2.24) is 15.3 Å². The lowest BCUT2D eigenvalue weighted by Crippen LogP contribution is -2.28. The number of thiophene rings is 1. The maximum absolute atomic E-state index is 6.32. The molecule has 0 bridgehead atoms. The highest BCUT2D eigenvalue weighted by Gasteiger charge is 2.23. The first-order valence-corrected chi connectivity index (χ1v) is 10.9. The van der Waals surface area contributed by atoms with Gasteiger partial charge in [0.05, 0.1) is 5.39 Å². The first-order chi connectivity index (χ1) is 13.2. The predicted molar refractivity (Wildman–Crippen MR) is 116 cm³/mol. The number of nitrogens with one attached hydrogen (secondary N) is 1. The van der Waals surface area contributed by atoms with E-state index in [0.29, 0.717) is 5.28 Å². The third-order valence-electron chi connectivity index (χ3n) is 5.19. The number of hydrogen-bond acceptors (Lipinski definition) is 5. The van der Waals surface area contributed by atoms with Crippen molar-refractivity contribution >= 4 is 39.0 Å². The van der Waals surface area contributed by atoms with Gasteiger partial charge in [-0.25, -0.2) is 4.98 Å². The van der Waals surface area contributed by atoms with Crippen LogP contribution in [0, 0.1) is 0 Å². The largest absolute Gasteiger partial charge is 0.355 e. The molecule has 1 aliphatic rings. The SMILES string of the molecule is CCc1ccc(-c2c(CC)sc3nc(Cl)nc(N4CCCNCC4)c23)cc1. The summed E-state index contributed by atoms with van der Waals surface area (Å²) in [7, 11) is 0. The third-order valence-corrected chi connectivity index (χ3v) is 6.59. The van der Waals surface area contributed by atoms with Gasteiger partial charge in [0.1, 0.15) is 10.6 Å². The highest BCUT2D eigenvalue weighted by Crippen LogP contribution is 2.43. The second-order valence-electron chi connectivity index (χ2n) is 6.89. The van der Waals surface area contributed by atoms with E-state index >= 15 is 0 Å². The van der Waals surface area contributed by atoms with Crippen molar-refractivity contribution in [2.45, 2.75) is 33.1 Å². The number of aryl methyl sites for hydroxylation is 2. The smallest absolute Gasteiger partial charge is 0.225 e. The molecular weight excluding hydrogens is 376 g/mol. The van der Waals surface area contributed by atoms with Gasteiger partial charge in [-0.3, -0.25) is 0 Å². The Morgan fingerprint density at radius 2 is 1.89 bits per heavy atom. The summed E-state index contributed by atoms with van der Waals surface area (Å²) < 4.78 is 0. The summed E-state index contributed by atoms with van der Waals surface area (Å²) >= 11 is 8.06. The van der Waals surface area contributed by atoms with Gasteiger partial charge in [-0.2, -0.15) is 4.98 Å². The summed E-state index contributed by atoms with van der Waals surface area (Å²) in [5.74, 6) is 0.985. The van der Waals surface area contributed by atoms with Gasteiger partial charge < -0.3 is 10.2 Å². The number of anilines is 1. The Morgan fingerprint density at radius 1 is 1.07 bits per heavy atom. The van der Waals surface area contributed by atoms with Crippen LogP contribution in [-0.2, 0) is 12.8 Å². The Hall–Kier alpha value is -1.69. The molecule has 1 fully saturated rings. The van der Waals surface area contributed by atoms with Crippen LogP contribution in [0.4, 0.5) is 5.82 Å². The second kappa shape index (κ2) is 8.13. The molecule has 27 heavy (non-hydrogen) atoms. The Bertz CT molecular complexity index is 927. The summed E-state index contributed by atoms with van der Waals surface area (Å²) in [4.78, 5) is 14.0. The van der Waals surface area contributed by atoms with Gasteiger partial charge in [0.25, 0.3) is 0 Å². The molecule has 0 amide bonds. The number of rotatable bonds is 4. The van der Waals surface area contributed by atoms with E-state index in [4.69, 9.17) is 16.6 Å². The second-order valence-corrected chi connectivity index (χ2v) is 8.31. The lowest BCUT2D eigenvalue weighted by atomic mass is 10.00. The monoisotopic (exact) mass is 400 g/mol. The Balaban J connectivity index is 1.93. The van der Waals surface area contributed by atoms with Gasteiger partial charge in [-0.05, 0) is 48.5 Å². The van der Waals surface area contributed by atoms with Crippen molar-refractivity contribution in [3.63, 3.8) is 0 Å². The molecule has 0 unspecified atom stereocenters. The van der Waals surface area contributed by atoms with Crippen molar-refractivity contribution in [2.24, 2.45) is 0 Å². The van der Waals surface area contributed by atoms with Crippen molar-refractivity contribution in [2.75, 3.05) is 31.1 Å². The van der Waals surface area contributed by atoms with E-state index in [2.05, 4.69) is 53.3 Å². The topological polar surface area (TPSA) is 41.1 Å². The number of aromatic nitrogens is 2. The van der Waals surface area contributed by atoms with Gasteiger partial charge in [0, 0.05) is 30.1 Å². The van der Waals surface area contributed by atoms with Crippen LogP contribution in [0.3, 0.4) is 0 Å². The fourth-order valence-electron chi connectivity index (χ4n) is 3.75. The molecule has 0 spiro atoms. The molecule has 4 nitrogen and oxygen atoms in total. The fourth-order valence-corrected chi connectivity index (χ4v) is 5.09. The van der Waals surface area contributed by atoms with Crippen LogP contribution in [0.2, 0.25) is 5.28 Å². The van der Waals surface area contributed by atoms with E-state index in [0.717, 1.165) is 61.5 Å². The zero-order valence-electron chi connectivity index (χ0n) is 15.9. The average Bonchev–Trinajstić information content (AvgIpc) is 2.86. The van der Waals surface area contributed by atoms with Gasteiger partial charge in [-0.15, -0.1) is 11.3 Å². The van der Waals surface area contributed by atoms with Gasteiger partial charge in [0.2, 0.25) is 5.28 Å². The zero-order valence-corrected chi connectivity index (χ0v) is 17.5. The van der Waals surface area contributed by atoms with Gasteiger partial charge >= 0.3 is 0 Å². The molecule has 0 atom stereocenters. The third kappa shape index (κ3) is 3.68. The number of benzene rings is 1. The summed E-state index contributed by atoms with van der Waals surface area (Å²) in [6.07, 6.45) is 3.13. The van der Waals surface area contributed by atoms with Crippen molar-refractivity contribution in [3.05, 3.63) is 40.0 Å². The first-order valence-electron chi connectivity index (χ1n) is 9.75. The van der Waals surface area contributed by atoms with E-state index in [1.807, 2.05) is 0 Å². The van der Waals surface area contributed by atoms with Crippen LogP contribution in [0.1, 0.15) is 30.7 Å². The molecule has 142 valence electrons. The standard InChI is InChI=1S/C21H25ClN4S/c1-3-14-6-8-15(9-7-14)17-16(4-2)27-20-18(17)19(24-21(22)25-20)26-12-5-10-23-11-13-26/h6-9,23H,3-5,10-13H2,1-2H3. The molecule has 1 aromatic carbocycles. The molecule has 0 aliphatic carbocycles. The molecule has 2 aromatic heterocycles. The zero-order chi connectivity index (χ0) is 18.8. The van der Waals surface area contributed by atoms with Crippen molar-refractivity contribution in [1.29, 1.82) is 0 Å². The van der Waals surface area contributed by atoms with Gasteiger partial charge in [-0.1, -0.05) is 38.1 Å². The summed E-state index contributed by atoms with van der Waals surface area (Å²) in [5, 5.41) is 4.97. The summed E-state index contributed by atoms with van der Waals surface area (Å²) in [6, 6.07) is 8.93. The predicted octanol–water partition coefficient (Wildman–Crippen LogP) is 4.94. The molecule has 1 N–H and O–H groups in total. The number of fused-ring (bicyclic) bond motifs is 1. The molecular formula is C21H25ClN4S. The minimum absolute atomic E-state index is 0.339. The highest BCUT2D eigenvalue weighted by atomic mass is 35.5. The van der Waals surface area contributed by atoms with Crippen LogP contribution in [0.25, 0.3) is 21.3 Å². The van der Waals surface area contributed by atoms with Crippen LogP contribution < -0.4 is 10.2 Å². The summed E-state index contributed by atoms with van der Waals surface area (Å²) in [5.41, 5.74) is 3.88. The number of hydrogen-bond donors (Lipinski definition) is 1. The van der Waals surface area contributed by atoms with Crippen LogP contribution >= 0.6 is 22.9 Å². The molecule has 0 saturated carbocycles. The Kier molecular flexibility index (Phi) is 5.62. The molecule has 3 aromatic rings. The van der Waals surface area contributed by atoms with E-state index in [1.165, 1.54) is 21.6 Å². The highest BCUT2D eigenvalue weighted by molar-refractivity contribution is 7.19. The molecule has 4 rings (SSSR count). The molecule has 3 heterocycles. The Labute approximate surface area is 169 Å². The van der Waals surface area contributed by atoms with Gasteiger partial charge in [0.15, 0.2) is 0 Å². The lowest BCUT2D eigenvalue weighted by Gasteiger charge is -2.22. The van der Waals surface area contributed by atoms with Crippen molar-refractivity contribution in [3.8, 4) is 11.1 Å². The van der Waals surface area contributed by atoms with E-state index in [9.17, 15) is 0 Å². The normalized spacial score (nSPS) is 15.3. The summed E-state index contributed by atoms with van der Waals surface area (Å²) in [6.45, 7) is 8.34. The van der Waals surface area contributed by atoms with Crippen LogP contribution in [0.15, 0.2) is 24.3 Å². The van der Waals surface area contributed by atoms with E-state index in [-0.39, 0.29) is 0 Å². The molecule has 1 aliphatic heterocycles. The van der Waals surface area contributed by atoms with Crippen molar-refractivity contribution < 1.29 is 0 Å². The lowest BCUT2D eigenvalue weighted by molar-refractivity contribution is 0.724.